The lowest BCUT2D eigenvalue weighted by atomic mass is 10.2. The third kappa shape index (κ3) is 5.69. The van der Waals surface area contributed by atoms with Crippen molar-refractivity contribution in [1.29, 1.82) is 0 Å². The fraction of sp³-hybridized carbons (Fsp3) is 0.250. The summed E-state index contributed by atoms with van der Waals surface area (Å²) in [4.78, 5) is 11.8. The number of amides is 1. The molecule has 0 fully saturated rings. The highest BCUT2D eigenvalue weighted by Crippen LogP contribution is 2.12. The number of methoxy groups -OCH3 is 2. The quantitative estimate of drug-likeness (QED) is 0.831. The standard InChI is InChI=1S/C20H21NO3/c1-23-18-12-10-16(11-13-18)6-3-4-9-20(22)21-15-17-7-5-8-19(14-17)24-2/h5,7-8,10-14H,4,9,15H2,1-2H3,(H,21,22). The van der Waals surface area contributed by atoms with E-state index in [0.717, 1.165) is 22.6 Å². The zero-order valence-corrected chi connectivity index (χ0v) is 14.0. The second-order valence-electron chi connectivity index (χ2n) is 5.16. The van der Waals surface area contributed by atoms with Gasteiger partial charge in [0.1, 0.15) is 11.5 Å². The van der Waals surface area contributed by atoms with E-state index < -0.39 is 0 Å². The molecule has 2 aromatic carbocycles. The van der Waals surface area contributed by atoms with Gasteiger partial charge in [-0.15, -0.1) is 0 Å². The summed E-state index contributed by atoms with van der Waals surface area (Å²) in [5.74, 6) is 7.63. The van der Waals surface area contributed by atoms with Gasteiger partial charge in [-0.2, -0.15) is 0 Å². The van der Waals surface area contributed by atoms with Crippen LogP contribution in [0.4, 0.5) is 0 Å². The Morgan fingerprint density at radius 3 is 2.50 bits per heavy atom. The van der Waals surface area contributed by atoms with Crippen LogP contribution < -0.4 is 14.8 Å². The smallest absolute Gasteiger partial charge is 0.221 e. The van der Waals surface area contributed by atoms with Gasteiger partial charge in [-0.05, 0) is 42.0 Å². The van der Waals surface area contributed by atoms with E-state index in [2.05, 4.69) is 17.2 Å². The van der Waals surface area contributed by atoms with Gasteiger partial charge < -0.3 is 14.8 Å². The molecule has 24 heavy (non-hydrogen) atoms. The Balaban J connectivity index is 1.74. The highest BCUT2D eigenvalue weighted by molar-refractivity contribution is 5.76. The molecule has 0 aromatic heterocycles. The second-order valence-corrected chi connectivity index (χ2v) is 5.16. The minimum absolute atomic E-state index is 0.0122. The summed E-state index contributed by atoms with van der Waals surface area (Å²) in [5, 5.41) is 2.89. The van der Waals surface area contributed by atoms with Gasteiger partial charge in [0.25, 0.3) is 0 Å². The van der Waals surface area contributed by atoms with Gasteiger partial charge in [0.2, 0.25) is 5.91 Å². The van der Waals surface area contributed by atoms with Crippen LogP contribution in [0.3, 0.4) is 0 Å². The molecule has 0 heterocycles. The number of nitrogens with one attached hydrogen (secondary N) is 1. The maximum atomic E-state index is 11.8. The fourth-order valence-electron chi connectivity index (χ4n) is 2.09. The molecule has 0 aliphatic heterocycles. The third-order valence-electron chi connectivity index (χ3n) is 3.42. The molecule has 4 nitrogen and oxygen atoms in total. The van der Waals surface area contributed by atoms with Crippen molar-refractivity contribution in [1.82, 2.24) is 5.32 Å². The number of hydrogen-bond acceptors (Lipinski definition) is 3. The fourth-order valence-corrected chi connectivity index (χ4v) is 2.09. The lowest BCUT2D eigenvalue weighted by molar-refractivity contribution is -0.121. The third-order valence-corrected chi connectivity index (χ3v) is 3.42. The van der Waals surface area contributed by atoms with Crippen molar-refractivity contribution in [2.24, 2.45) is 0 Å². The normalized spacial score (nSPS) is 9.58. The molecule has 0 radical (unpaired) electrons. The summed E-state index contributed by atoms with van der Waals surface area (Å²) >= 11 is 0. The molecule has 2 aromatic rings. The van der Waals surface area contributed by atoms with Crippen molar-refractivity contribution in [3.05, 3.63) is 59.7 Å². The van der Waals surface area contributed by atoms with E-state index in [1.165, 1.54) is 0 Å². The van der Waals surface area contributed by atoms with Crippen molar-refractivity contribution in [2.45, 2.75) is 19.4 Å². The summed E-state index contributed by atoms with van der Waals surface area (Å²) in [7, 11) is 3.25. The van der Waals surface area contributed by atoms with E-state index >= 15 is 0 Å². The SMILES string of the molecule is COc1ccc(C#CCCC(=O)NCc2cccc(OC)c2)cc1. The molecule has 0 atom stereocenters. The van der Waals surface area contributed by atoms with E-state index in [1.54, 1.807) is 14.2 Å². The molecule has 4 heteroatoms. The minimum atomic E-state index is -0.0122. The molecule has 0 unspecified atom stereocenters. The Bertz CT molecular complexity index is 727. The van der Waals surface area contributed by atoms with Gasteiger partial charge in [-0.25, -0.2) is 0 Å². The molecule has 0 saturated heterocycles. The van der Waals surface area contributed by atoms with Gasteiger partial charge in [0, 0.05) is 24.9 Å². The van der Waals surface area contributed by atoms with Crippen LogP contribution in [-0.2, 0) is 11.3 Å². The Morgan fingerprint density at radius 2 is 1.79 bits per heavy atom. The number of benzene rings is 2. The van der Waals surface area contributed by atoms with Crippen LogP contribution in [0.5, 0.6) is 11.5 Å². The van der Waals surface area contributed by atoms with Crippen LogP contribution in [0.2, 0.25) is 0 Å². The molecular formula is C20H21NO3. The van der Waals surface area contributed by atoms with E-state index in [-0.39, 0.29) is 5.91 Å². The number of ether oxygens (including phenoxy) is 2. The molecular weight excluding hydrogens is 302 g/mol. The van der Waals surface area contributed by atoms with Crippen LogP contribution in [0, 0.1) is 11.8 Å². The molecule has 1 amide bonds. The summed E-state index contributed by atoms with van der Waals surface area (Å²) in [6.45, 7) is 0.488. The van der Waals surface area contributed by atoms with Gasteiger partial charge in [0.05, 0.1) is 14.2 Å². The molecule has 1 N–H and O–H groups in total. The van der Waals surface area contributed by atoms with Crippen LogP contribution >= 0.6 is 0 Å². The first-order valence-corrected chi connectivity index (χ1v) is 7.74. The van der Waals surface area contributed by atoms with Gasteiger partial charge in [-0.3, -0.25) is 4.79 Å². The summed E-state index contributed by atoms with van der Waals surface area (Å²) in [6, 6.07) is 15.2. The van der Waals surface area contributed by atoms with Crippen molar-refractivity contribution >= 4 is 5.91 Å². The predicted molar refractivity (Wildman–Crippen MR) is 93.9 cm³/mol. The zero-order chi connectivity index (χ0) is 17.2. The summed E-state index contributed by atoms with van der Waals surface area (Å²) in [5.41, 5.74) is 1.92. The van der Waals surface area contributed by atoms with Crippen molar-refractivity contribution in [2.75, 3.05) is 14.2 Å². The first-order valence-electron chi connectivity index (χ1n) is 7.74. The lowest BCUT2D eigenvalue weighted by Gasteiger charge is -2.06. The number of hydrogen-bond donors (Lipinski definition) is 1. The van der Waals surface area contributed by atoms with Crippen molar-refractivity contribution in [3.8, 4) is 23.3 Å². The number of rotatable bonds is 6. The highest BCUT2D eigenvalue weighted by Gasteiger charge is 2.01. The molecule has 0 aliphatic rings. The zero-order valence-electron chi connectivity index (χ0n) is 14.0. The van der Waals surface area contributed by atoms with Crippen molar-refractivity contribution in [3.63, 3.8) is 0 Å². The average molecular weight is 323 g/mol. The topological polar surface area (TPSA) is 47.6 Å². The van der Waals surface area contributed by atoms with Crippen LogP contribution in [0.25, 0.3) is 0 Å². The van der Waals surface area contributed by atoms with E-state index in [9.17, 15) is 4.79 Å². The second kappa shape index (κ2) is 9.26. The van der Waals surface area contributed by atoms with Crippen LogP contribution in [-0.4, -0.2) is 20.1 Å². The Labute approximate surface area is 142 Å². The maximum Gasteiger partial charge on any atom is 0.221 e. The maximum absolute atomic E-state index is 11.8. The Hall–Kier alpha value is -2.93. The molecule has 0 saturated carbocycles. The van der Waals surface area contributed by atoms with Gasteiger partial charge in [0.15, 0.2) is 0 Å². The van der Waals surface area contributed by atoms with Crippen LogP contribution in [0.1, 0.15) is 24.0 Å². The average Bonchev–Trinajstić information content (AvgIpc) is 2.64. The molecule has 0 bridgehead atoms. The summed E-state index contributed by atoms with van der Waals surface area (Å²) in [6.07, 6.45) is 0.906. The lowest BCUT2D eigenvalue weighted by Crippen LogP contribution is -2.22. The first kappa shape index (κ1) is 17.4. The predicted octanol–water partition coefficient (Wildman–Crippen LogP) is 3.15. The Kier molecular flexibility index (Phi) is 6.73. The minimum Gasteiger partial charge on any atom is -0.497 e. The molecule has 124 valence electrons. The number of carbonyl (C=O) groups excluding carboxylic acids is 1. The van der Waals surface area contributed by atoms with E-state index in [4.69, 9.17) is 9.47 Å². The van der Waals surface area contributed by atoms with Crippen LogP contribution in [0.15, 0.2) is 48.5 Å². The number of carbonyl (C=O) groups is 1. The highest BCUT2D eigenvalue weighted by atomic mass is 16.5. The van der Waals surface area contributed by atoms with E-state index in [0.29, 0.717) is 19.4 Å². The summed E-state index contributed by atoms with van der Waals surface area (Å²) < 4.78 is 10.3. The largest absolute Gasteiger partial charge is 0.497 e. The molecule has 0 aliphatic carbocycles. The van der Waals surface area contributed by atoms with Crippen molar-refractivity contribution < 1.29 is 14.3 Å². The molecule has 0 spiro atoms. The monoisotopic (exact) mass is 323 g/mol. The van der Waals surface area contributed by atoms with Gasteiger partial charge >= 0.3 is 0 Å². The van der Waals surface area contributed by atoms with Gasteiger partial charge in [-0.1, -0.05) is 24.0 Å². The molecule has 2 rings (SSSR count). The first-order chi connectivity index (χ1) is 11.7. The Morgan fingerprint density at radius 1 is 1.04 bits per heavy atom. The van der Waals surface area contributed by atoms with E-state index in [1.807, 2.05) is 48.5 Å².